The molecule has 0 spiro atoms. The molecular weight excluding hydrogens is 180 g/mol. The Balaban J connectivity index is 2.84. The number of hydrogen-bond acceptors (Lipinski definition) is 5. The molecule has 0 saturated carbocycles. The summed E-state index contributed by atoms with van der Waals surface area (Å²) in [5.41, 5.74) is 6.22. The van der Waals surface area contributed by atoms with Crippen LogP contribution in [0, 0.1) is 12.3 Å². The molecule has 2 aromatic heterocycles. The van der Waals surface area contributed by atoms with E-state index in [9.17, 15) is 5.11 Å². The summed E-state index contributed by atoms with van der Waals surface area (Å²) in [5.74, 6) is 2.17. The van der Waals surface area contributed by atoms with Crippen LogP contribution in [0.25, 0.3) is 11.0 Å². The van der Waals surface area contributed by atoms with Gasteiger partial charge in [-0.2, -0.15) is 9.97 Å². The van der Waals surface area contributed by atoms with E-state index in [0.717, 1.165) is 0 Å². The molecule has 2 aromatic rings. The van der Waals surface area contributed by atoms with Gasteiger partial charge in [0.2, 0.25) is 11.8 Å². The number of fused-ring (bicyclic) bond motifs is 1. The van der Waals surface area contributed by atoms with Crippen LogP contribution in [0.4, 0.5) is 5.95 Å². The van der Waals surface area contributed by atoms with Gasteiger partial charge in [0.05, 0.1) is 5.39 Å². The predicted octanol–water partition coefficient (Wildman–Crippen LogP) is 0.294. The molecule has 0 bridgehead atoms. The molecule has 0 aliphatic carbocycles. The highest BCUT2D eigenvalue weighted by Gasteiger charge is 2.05. The highest BCUT2D eigenvalue weighted by atomic mass is 16.3. The van der Waals surface area contributed by atoms with Crippen LogP contribution in [0.1, 0.15) is 5.56 Å². The van der Waals surface area contributed by atoms with E-state index in [1.807, 2.05) is 0 Å². The molecule has 0 fully saturated rings. The number of pyridine rings is 1. The zero-order valence-corrected chi connectivity index (χ0v) is 7.10. The van der Waals surface area contributed by atoms with Gasteiger partial charge < -0.3 is 10.8 Å². The van der Waals surface area contributed by atoms with Crippen molar-refractivity contribution < 1.29 is 5.11 Å². The molecule has 0 amide bonds. The van der Waals surface area contributed by atoms with E-state index in [1.165, 1.54) is 6.20 Å². The third-order valence-electron chi connectivity index (χ3n) is 1.72. The Labute approximate surface area is 79.6 Å². The van der Waals surface area contributed by atoms with Gasteiger partial charge in [-0.25, -0.2) is 4.98 Å². The molecule has 0 aliphatic rings. The fourth-order valence-corrected chi connectivity index (χ4v) is 1.09. The second kappa shape index (κ2) is 2.85. The van der Waals surface area contributed by atoms with Gasteiger partial charge in [0.25, 0.3) is 0 Å². The maximum atomic E-state index is 9.43. The maximum absolute atomic E-state index is 9.43. The second-order valence-corrected chi connectivity index (χ2v) is 2.64. The minimum absolute atomic E-state index is 0.0176. The molecule has 14 heavy (non-hydrogen) atoms. The zero-order chi connectivity index (χ0) is 10.1. The number of anilines is 1. The Morgan fingerprint density at radius 3 is 2.93 bits per heavy atom. The van der Waals surface area contributed by atoms with Gasteiger partial charge in [0.15, 0.2) is 5.65 Å². The van der Waals surface area contributed by atoms with E-state index in [0.29, 0.717) is 16.6 Å². The van der Waals surface area contributed by atoms with Gasteiger partial charge in [0, 0.05) is 11.8 Å². The summed E-state index contributed by atoms with van der Waals surface area (Å²) in [5, 5.41) is 9.83. The van der Waals surface area contributed by atoms with Gasteiger partial charge in [-0.15, -0.1) is 6.42 Å². The normalized spacial score (nSPS) is 9.93. The van der Waals surface area contributed by atoms with Crippen LogP contribution in [0.5, 0.6) is 5.88 Å². The number of rotatable bonds is 0. The number of terminal acetylenes is 1. The number of nitrogens with zero attached hydrogens (tertiary/aromatic N) is 3. The van der Waals surface area contributed by atoms with Crippen molar-refractivity contribution in [3.8, 4) is 18.2 Å². The summed E-state index contributed by atoms with van der Waals surface area (Å²) in [6.45, 7) is 0. The van der Waals surface area contributed by atoms with Crippen molar-refractivity contribution in [2.24, 2.45) is 0 Å². The third-order valence-corrected chi connectivity index (χ3v) is 1.72. The van der Waals surface area contributed by atoms with Gasteiger partial charge in [-0.05, 0) is 6.07 Å². The van der Waals surface area contributed by atoms with Crippen LogP contribution >= 0.6 is 0 Å². The Morgan fingerprint density at radius 2 is 2.21 bits per heavy atom. The Morgan fingerprint density at radius 1 is 1.43 bits per heavy atom. The van der Waals surface area contributed by atoms with Crippen molar-refractivity contribution in [3.05, 3.63) is 17.8 Å². The van der Waals surface area contributed by atoms with Crippen LogP contribution in [0.3, 0.4) is 0 Å². The monoisotopic (exact) mass is 186 g/mol. The van der Waals surface area contributed by atoms with Crippen molar-refractivity contribution in [3.63, 3.8) is 0 Å². The highest BCUT2D eigenvalue weighted by molar-refractivity contribution is 5.81. The lowest BCUT2D eigenvalue weighted by Gasteiger charge is -2.00. The van der Waals surface area contributed by atoms with Gasteiger partial charge in [0.1, 0.15) is 0 Å². The minimum atomic E-state index is -0.211. The molecule has 2 rings (SSSR count). The van der Waals surface area contributed by atoms with Crippen LogP contribution in [0.15, 0.2) is 12.3 Å². The largest absolute Gasteiger partial charge is 0.493 e. The third kappa shape index (κ3) is 1.19. The fraction of sp³-hybridized carbons (Fsp3) is 0. The van der Waals surface area contributed by atoms with Gasteiger partial charge in [-0.1, -0.05) is 5.92 Å². The quantitative estimate of drug-likeness (QED) is 0.578. The van der Waals surface area contributed by atoms with Crippen molar-refractivity contribution in [1.82, 2.24) is 15.0 Å². The molecule has 0 aliphatic heterocycles. The molecule has 2 heterocycles. The van der Waals surface area contributed by atoms with E-state index in [4.69, 9.17) is 12.2 Å². The molecule has 0 radical (unpaired) electrons. The molecule has 0 atom stereocenters. The second-order valence-electron chi connectivity index (χ2n) is 2.64. The Bertz CT molecular complexity index is 544. The van der Waals surface area contributed by atoms with Gasteiger partial charge >= 0.3 is 0 Å². The summed E-state index contributed by atoms with van der Waals surface area (Å²) in [7, 11) is 0. The molecule has 0 unspecified atom stereocenters. The summed E-state index contributed by atoms with van der Waals surface area (Å²) in [6.07, 6.45) is 6.66. The lowest BCUT2D eigenvalue weighted by atomic mass is 10.2. The lowest BCUT2D eigenvalue weighted by Crippen LogP contribution is -1.96. The van der Waals surface area contributed by atoms with Crippen LogP contribution in [-0.2, 0) is 0 Å². The number of hydrogen-bond donors (Lipinski definition) is 2. The smallest absolute Gasteiger partial charge is 0.225 e. The molecule has 5 nitrogen and oxygen atoms in total. The number of aromatic hydroxyl groups is 1. The number of aromatic nitrogens is 3. The van der Waals surface area contributed by atoms with Crippen molar-refractivity contribution >= 4 is 17.0 Å². The van der Waals surface area contributed by atoms with Crippen molar-refractivity contribution in [2.75, 3.05) is 5.73 Å². The van der Waals surface area contributed by atoms with E-state index in [1.54, 1.807) is 6.07 Å². The first-order valence-electron chi connectivity index (χ1n) is 3.79. The molecule has 0 saturated heterocycles. The van der Waals surface area contributed by atoms with Crippen LogP contribution in [-0.4, -0.2) is 20.1 Å². The predicted molar refractivity (Wildman–Crippen MR) is 51.3 cm³/mol. The van der Waals surface area contributed by atoms with Crippen molar-refractivity contribution in [2.45, 2.75) is 0 Å². The molecule has 0 aromatic carbocycles. The van der Waals surface area contributed by atoms with E-state index in [2.05, 4.69) is 20.9 Å². The zero-order valence-electron chi connectivity index (χ0n) is 7.10. The molecule has 3 N–H and O–H groups in total. The first-order chi connectivity index (χ1) is 6.70. The highest BCUT2D eigenvalue weighted by Crippen LogP contribution is 2.20. The Kier molecular flexibility index (Phi) is 1.68. The fourth-order valence-electron chi connectivity index (χ4n) is 1.09. The topological polar surface area (TPSA) is 84.9 Å². The first-order valence-corrected chi connectivity index (χ1v) is 3.79. The standard InChI is InChI=1S/C9H6N4O/c1-2-5-3-6-7(11-4-5)12-9(10)13-8(6)14/h1,3-4H,(H3,10,11,12,13,14). The molecule has 5 heteroatoms. The Hall–Kier alpha value is -2.35. The summed E-state index contributed by atoms with van der Waals surface area (Å²) in [6, 6.07) is 1.58. The number of nitrogens with two attached hydrogens (primary N) is 1. The SMILES string of the molecule is C#Cc1cnc2nc(N)nc(O)c2c1. The average Bonchev–Trinajstić information content (AvgIpc) is 2.17. The molecular formula is C9H6N4O. The number of nitrogen functional groups attached to an aromatic ring is 1. The summed E-state index contributed by atoms with van der Waals surface area (Å²) in [4.78, 5) is 11.4. The summed E-state index contributed by atoms with van der Waals surface area (Å²) < 4.78 is 0. The van der Waals surface area contributed by atoms with Gasteiger partial charge in [-0.3, -0.25) is 0 Å². The van der Waals surface area contributed by atoms with E-state index >= 15 is 0 Å². The van der Waals surface area contributed by atoms with Crippen LogP contribution < -0.4 is 5.73 Å². The summed E-state index contributed by atoms with van der Waals surface area (Å²) >= 11 is 0. The van der Waals surface area contributed by atoms with Crippen LogP contribution in [0.2, 0.25) is 0 Å². The average molecular weight is 186 g/mol. The lowest BCUT2D eigenvalue weighted by molar-refractivity contribution is 0.460. The maximum Gasteiger partial charge on any atom is 0.225 e. The van der Waals surface area contributed by atoms with E-state index in [-0.39, 0.29) is 11.8 Å². The van der Waals surface area contributed by atoms with E-state index < -0.39 is 0 Å². The minimum Gasteiger partial charge on any atom is -0.493 e. The molecule has 68 valence electrons. The van der Waals surface area contributed by atoms with Crippen molar-refractivity contribution in [1.29, 1.82) is 0 Å². The first kappa shape index (κ1) is 8.26.